The predicted molar refractivity (Wildman–Crippen MR) is 100 cm³/mol. The van der Waals surface area contributed by atoms with Gasteiger partial charge in [0, 0.05) is 6.54 Å². The Balaban J connectivity index is 1.63. The number of hydrogen-bond donors (Lipinski definition) is 0. The highest BCUT2D eigenvalue weighted by molar-refractivity contribution is 8.18. The standard InChI is InChI=1S/C20H18FNO3S/c1-2-11-22-19(23)18(26-20(22)24)12-14-5-9-17(10-6-14)25-13-15-3-7-16(21)8-4-15/h3-10,12H,2,11,13H2,1H3/b18-12+. The number of benzene rings is 2. The van der Waals surface area contributed by atoms with Gasteiger partial charge in [-0.3, -0.25) is 14.5 Å². The fourth-order valence-corrected chi connectivity index (χ4v) is 3.34. The molecule has 6 heteroatoms. The summed E-state index contributed by atoms with van der Waals surface area (Å²) in [5.74, 6) is 0.158. The van der Waals surface area contributed by atoms with Crippen LogP contribution >= 0.6 is 11.8 Å². The van der Waals surface area contributed by atoms with Gasteiger partial charge in [-0.15, -0.1) is 0 Å². The molecule has 0 aliphatic carbocycles. The van der Waals surface area contributed by atoms with E-state index in [0.717, 1.165) is 29.3 Å². The van der Waals surface area contributed by atoms with Crippen molar-refractivity contribution in [3.05, 3.63) is 70.4 Å². The molecule has 4 nitrogen and oxygen atoms in total. The Bertz CT molecular complexity index is 831. The average Bonchev–Trinajstić information content (AvgIpc) is 2.90. The van der Waals surface area contributed by atoms with Gasteiger partial charge in [0.15, 0.2) is 0 Å². The van der Waals surface area contributed by atoms with Gasteiger partial charge in [-0.1, -0.05) is 31.2 Å². The summed E-state index contributed by atoms with van der Waals surface area (Å²) in [6.45, 7) is 2.71. The Kier molecular flexibility index (Phi) is 5.73. The van der Waals surface area contributed by atoms with Crippen molar-refractivity contribution in [3.8, 4) is 5.75 Å². The molecule has 0 atom stereocenters. The fourth-order valence-electron chi connectivity index (χ4n) is 2.48. The van der Waals surface area contributed by atoms with Crippen LogP contribution < -0.4 is 4.74 Å². The molecule has 0 radical (unpaired) electrons. The lowest BCUT2D eigenvalue weighted by Crippen LogP contribution is -2.28. The molecule has 2 aromatic carbocycles. The van der Waals surface area contributed by atoms with Gasteiger partial charge in [-0.25, -0.2) is 4.39 Å². The van der Waals surface area contributed by atoms with E-state index in [1.165, 1.54) is 17.0 Å². The zero-order valence-corrected chi connectivity index (χ0v) is 15.1. The smallest absolute Gasteiger partial charge is 0.293 e. The Morgan fingerprint density at radius 2 is 1.77 bits per heavy atom. The zero-order chi connectivity index (χ0) is 18.5. The lowest BCUT2D eigenvalue weighted by Gasteiger charge is -2.09. The number of carbonyl (C=O) groups is 2. The van der Waals surface area contributed by atoms with Gasteiger partial charge < -0.3 is 4.74 Å². The first-order valence-electron chi connectivity index (χ1n) is 8.29. The number of ether oxygens (including phenoxy) is 1. The molecule has 1 saturated heterocycles. The van der Waals surface area contributed by atoms with E-state index in [1.54, 1.807) is 30.3 Å². The highest BCUT2D eigenvalue weighted by Gasteiger charge is 2.34. The molecule has 0 saturated carbocycles. The van der Waals surface area contributed by atoms with Crippen molar-refractivity contribution in [1.29, 1.82) is 0 Å². The van der Waals surface area contributed by atoms with Crippen molar-refractivity contribution < 1.29 is 18.7 Å². The van der Waals surface area contributed by atoms with Crippen LogP contribution in [0.4, 0.5) is 9.18 Å². The minimum atomic E-state index is -0.276. The third-order valence-corrected chi connectivity index (χ3v) is 4.72. The van der Waals surface area contributed by atoms with Crippen molar-refractivity contribution in [2.75, 3.05) is 6.54 Å². The maximum absolute atomic E-state index is 12.9. The van der Waals surface area contributed by atoms with E-state index in [2.05, 4.69) is 0 Å². The van der Waals surface area contributed by atoms with Crippen LogP contribution in [0.25, 0.3) is 6.08 Å². The van der Waals surface area contributed by atoms with E-state index >= 15 is 0 Å². The molecule has 1 fully saturated rings. The second-order valence-corrected chi connectivity index (χ2v) is 6.81. The largest absolute Gasteiger partial charge is 0.489 e. The molecular formula is C20H18FNO3S. The summed E-state index contributed by atoms with van der Waals surface area (Å²) < 4.78 is 18.6. The van der Waals surface area contributed by atoms with Crippen LogP contribution in [0.15, 0.2) is 53.4 Å². The molecule has 3 rings (SSSR count). The molecule has 2 aromatic rings. The average molecular weight is 371 g/mol. The molecule has 1 aliphatic rings. The summed E-state index contributed by atoms with van der Waals surface area (Å²) in [6, 6.07) is 13.4. The number of thioether (sulfide) groups is 1. The summed E-state index contributed by atoms with van der Waals surface area (Å²) in [6.07, 6.45) is 2.45. The number of hydrogen-bond acceptors (Lipinski definition) is 4. The van der Waals surface area contributed by atoms with Gasteiger partial charge in [0.2, 0.25) is 0 Å². The number of imide groups is 1. The lowest BCUT2D eigenvalue weighted by molar-refractivity contribution is -0.122. The van der Waals surface area contributed by atoms with Crippen molar-refractivity contribution in [2.24, 2.45) is 0 Å². The Morgan fingerprint density at radius 1 is 1.08 bits per heavy atom. The number of carbonyl (C=O) groups excluding carboxylic acids is 2. The predicted octanol–water partition coefficient (Wildman–Crippen LogP) is 4.85. The van der Waals surface area contributed by atoms with Crippen molar-refractivity contribution >= 4 is 29.0 Å². The van der Waals surface area contributed by atoms with Crippen LogP contribution in [-0.4, -0.2) is 22.6 Å². The van der Waals surface area contributed by atoms with Crippen LogP contribution in [0.5, 0.6) is 5.75 Å². The SMILES string of the molecule is CCCN1C(=O)S/C(=C/c2ccc(OCc3ccc(F)cc3)cc2)C1=O. The molecule has 0 aromatic heterocycles. The normalized spacial score (nSPS) is 15.8. The molecule has 0 unspecified atom stereocenters. The molecule has 1 heterocycles. The quantitative estimate of drug-likeness (QED) is 0.681. The Morgan fingerprint density at radius 3 is 2.42 bits per heavy atom. The minimum absolute atomic E-state index is 0.220. The molecule has 0 N–H and O–H groups in total. The molecule has 2 amide bonds. The zero-order valence-electron chi connectivity index (χ0n) is 14.3. The van der Waals surface area contributed by atoms with Crippen LogP contribution in [0, 0.1) is 5.82 Å². The second-order valence-electron chi connectivity index (χ2n) is 5.82. The third-order valence-electron chi connectivity index (χ3n) is 3.82. The van der Waals surface area contributed by atoms with Gasteiger partial charge in [-0.2, -0.15) is 0 Å². The number of rotatable bonds is 6. The first kappa shape index (κ1) is 18.2. The van der Waals surface area contributed by atoms with E-state index < -0.39 is 0 Å². The van der Waals surface area contributed by atoms with Crippen LogP contribution in [0.1, 0.15) is 24.5 Å². The van der Waals surface area contributed by atoms with E-state index in [-0.39, 0.29) is 17.0 Å². The Labute approximate surface area is 155 Å². The summed E-state index contributed by atoms with van der Waals surface area (Å²) in [4.78, 5) is 25.8. The van der Waals surface area contributed by atoms with Gasteiger partial charge in [-0.05, 0) is 59.7 Å². The number of halogens is 1. The monoisotopic (exact) mass is 371 g/mol. The van der Waals surface area contributed by atoms with Gasteiger partial charge >= 0.3 is 0 Å². The summed E-state index contributed by atoms with van der Waals surface area (Å²) >= 11 is 0.966. The summed E-state index contributed by atoms with van der Waals surface area (Å²) in [5, 5.41) is -0.220. The molecule has 134 valence electrons. The molecule has 1 aliphatic heterocycles. The highest BCUT2D eigenvalue weighted by atomic mass is 32.2. The fraction of sp³-hybridized carbons (Fsp3) is 0.200. The van der Waals surface area contributed by atoms with E-state index in [4.69, 9.17) is 4.74 Å². The van der Waals surface area contributed by atoms with Gasteiger partial charge in [0.05, 0.1) is 4.91 Å². The van der Waals surface area contributed by atoms with Crippen LogP contribution in [-0.2, 0) is 11.4 Å². The summed E-state index contributed by atoms with van der Waals surface area (Å²) in [7, 11) is 0. The van der Waals surface area contributed by atoms with E-state index in [1.807, 2.05) is 19.1 Å². The first-order valence-corrected chi connectivity index (χ1v) is 9.11. The lowest BCUT2D eigenvalue weighted by atomic mass is 10.2. The number of nitrogens with zero attached hydrogens (tertiary/aromatic N) is 1. The van der Waals surface area contributed by atoms with Gasteiger partial charge in [0.1, 0.15) is 18.2 Å². The molecule has 0 spiro atoms. The summed E-state index contributed by atoms with van der Waals surface area (Å²) in [5.41, 5.74) is 1.70. The Hall–Kier alpha value is -2.60. The van der Waals surface area contributed by atoms with Crippen molar-refractivity contribution in [3.63, 3.8) is 0 Å². The van der Waals surface area contributed by atoms with Crippen molar-refractivity contribution in [1.82, 2.24) is 4.90 Å². The van der Waals surface area contributed by atoms with Gasteiger partial charge in [0.25, 0.3) is 11.1 Å². The second kappa shape index (κ2) is 8.19. The van der Waals surface area contributed by atoms with E-state index in [0.29, 0.717) is 23.8 Å². The van der Waals surface area contributed by atoms with E-state index in [9.17, 15) is 14.0 Å². The third kappa shape index (κ3) is 4.32. The van der Waals surface area contributed by atoms with Crippen LogP contribution in [0.2, 0.25) is 0 Å². The number of amides is 2. The molecular weight excluding hydrogens is 353 g/mol. The highest BCUT2D eigenvalue weighted by Crippen LogP contribution is 2.32. The molecule has 26 heavy (non-hydrogen) atoms. The minimum Gasteiger partial charge on any atom is -0.489 e. The molecule has 0 bridgehead atoms. The first-order chi connectivity index (χ1) is 12.6. The topological polar surface area (TPSA) is 46.6 Å². The van der Waals surface area contributed by atoms with Crippen LogP contribution in [0.3, 0.4) is 0 Å². The maximum Gasteiger partial charge on any atom is 0.293 e. The van der Waals surface area contributed by atoms with Crippen molar-refractivity contribution in [2.45, 2.75) is 20.0 Å². The maximum atomic E-state index is 12.9.